The van der Waals surface area contributed by atoms with Crippen LogP contribution in [-0.4, -0.2) is 30.5 Å². The maximum Gasteiger partial charge on any atom is 0.302 e. The fourth-order valence-corrected chi connectivity index (χ4v) is 2.48. The van der Waals surface area contributed by atoms with Crippen LogP contribution in [0.5, 0.6) is 11.5 Å². The number of ether oxygens (including phenoxy) is 3. The highest BCUT2D eigenvalue weighted by Gasteiger charge is 2.21. The zero-order valence-electron chi connectivity index (χ0n) is 13.8. The smallest absolute Gasteiger partial charge is 0.302 e. The van der Waals surface area contributed by atoms with E-state index < -0.39 is 12.1 Å². The number of benzene rings is 2. The predicted molar refractivity (Wildman–Crippen MR) is 92.5 cm³/mol. The highest BCUT2D eigenvalue weighted by atomic mass is 16.5. The van der Waals surface area contributed by atoms with E-state index >= 15 is 0 Å². The second kappa shape index (κ2) is 7.81. The molecular weight excluding hydrogens is 322 g/mol. The van der Waals surface area contributed by atoms with Crippen LogP contribution in [0.4, 0.5) is 5.69 Å². The van der Waals surface area contributed by atoms with Gasteiger partial charge in [0.1, 0.15) is 37.4 Å². The summed E-state index contributed by atoms with van der Waals surface area (Å²) in [7, 11) is 0. The molecule has 130 valence electrons. The van der Waals surface area contributed by atoms with E-state index in [0.29, 0.717) is 36.0 Å². The number of esters is 1. The van der Waals surface area contributed by atoms with Crippen LogP contribution in [-0.2, 0) is 16.1 Å². The van der Waals surface area contributed by atoms with E-state index in [1.54, 1.807) is 18.3 Å². The van der Waals surface area contributed by atoms with Gasteiger partial charge in [-0.05, 0) is 11.6 Å². The molecule has 1 unspecified atom stereocenters. The molecule has 6 heteroatoms. The van der Waals surface area contributed by atoms with Gasteiger partial charge in [0.2, 0.25) is 0 Å². The molecule has 0 saturated carbocycles. The lowest BCUT2D eigenvalue weighted by atomic mass is 10.1. The molecular formula is C19H19NO5. The zero-order chi connectivity index (χ0) is 17.6. The Labute approximate surface area is 145 Å². The molecule has 0 aliphatic carbocycles. The Morgan fingerprint density at radius 3 is 2.88 bits per heavy atom. The van der Waals surface area contributed by atoms with Gasteiger partial charge in [-0.3, -0.25) is 9.79 Å². The summed E-state index contributed by atoms with van der Waals surface area (Å²) >= 11 is 0. The molecule has 0 amide bonds. The molecule has 0 fully saturated rings. The number of hydrogen-bond acceptors (Lipinski definition) is 6. The number of nitrogens with zero attached hydrogens (tertiary/aromatic N) is 1. The minimum Gasteiger partial charge on any atom is -0.489 e. The van der Waals surface area contributed by atoms with E-state index in [-0.39, 0.29) is 6.61 Å². The summed E-state index contributed by atoms with van der Waals surface area (Å²) in [6, 6.07) is 13.2. The third kappa shape index (κ3) is 4.36. The zero-order valence-corrected chi connectivity index (χ0v) is 13.8. The van der Waals surface area contributed by atoms with Crippen LogP contribution < -0.4 is 9.47 Å². The number of aliphatic hydroxyl groups excluding tert-OH is 1. The summed E-state index contributed by atoms with van der Waals surface area (Å²) in [6.07, 6.45) is 0.622. The fraction of sp³-hybridized carbons (Fsp3) is 0.263. The van der Waals surface area contributed by atoms with Gasteiger partial charge in [0.05, 0.1) is 0 Å². The van der Waals surface area contributed by atoms with Gasteiger partial charge in [-0.1, -0.05) is 30.3 Å². The monoisotopic (exact) mass is 341 g/mol. The van der Waals surface area contributed by atoms with Gasteiger partial charge in [0.15, 0.2) is 5.75 Å². The number of rotatable bonds is 6. The molecule has 0 radical (unpaired) electrons. The number of hydrogen-bond donors (Lipinski definition) is 1. The van der Waals surface area contributed by atoms with Crippen molar-refractivity contribution in [1.82, 2.24) is 0 Å². The van der Waals surface area contributed by atoms with Gasteiger partial charge in [-0.25, -0.2) is 0 Å². The van der Waals surface area contributed by atoms with Gasteiger partial charge in [0.25, 0.3) is 0 Å². The molecule has 0 bridgehead atoms. The molecule has 6 nitrogen and oxygen atoms in total. The van der Waals surface area contributed by atoms with Gasteiger partial charge in [-0.2, -0.15) is 0 Å². The van der Waals surface area contributed by atoms with Crippen molar-refractivity contribution in [1.29, 1.82) is 0 Å². The lowest BCUT2D eigenvalue weighted by Crippen LogP contribution is -2.14. The first kappa shape index (κ1) is 17.0. The van der Waals surface area contributed by atoms with Crippen LogP contribution in [0.3, 0.4) is 0 Å². The summed E-state index contributed by atoms with van der Waals surface area (Å²) in [5.41, 5.74) is 2.09. The molecule has 1 N–H and O–H groups in total. The molecule has 2 aromatic carbocycles. The van der Waals surface area contributed by atoms with Crippen molar-refractivity contribution < 1.29 is 24.1 Å². The average molecular weight is 341 g/mol. The SMILES string of the molecule is CC(=O)OCC(O)c1cc(OCc2ccccc2)cc2c1OCC=N2. The second-order valence-corrected chi connectivity index (χ2v) is 5.58. The number of fused-ring (bicyclic) bond motifs is 1. The van der Waals surface area contributed by atoms with Crippen LogP contribution in [0.15, 0.2) is 47.5 Å². The predicted octanol–water partition coefficient (Wildman–Crippen LogP) is 2.96. The van der Waals surface area contributed by atoms with E-state index in [2.05, 4.69) is 4.99 Å². The van der Waals surface area contributed by atoms with E-state index in [1.165, 1.54) is 6.92 Å². The fourth-order valence-electron chi connectivity index (χ4n) is 2.48. The molecule has 0 saturated heterocycles. The van der Waals surface area contributed by atoms with Crippen molar-refractivity contribution in [3.8, 4) is 11.5 Å². The van der Waals surface area contributed by atoms with Crippen molar-refractivity contribution in [2.45, 2.75) is 19.6 Å². The summed E-state index contributed by atoms with van der Waals surface area (Å²) < 4.78 is 16.3. The quantitative estimate of drug-likeness (QED) is 0.818. The van der Waals surface area contributed by atoms with Crippen molar-refractivity contribution in [3.05, 3.63) is 53.6 Å². The van der Waals surface area contributed by atoms with Gasteiger partial charge in [0, 0.05) is 24.8 Å². The molecule has 1 atom stereocenters. The number of carbonyl (C=O) groups is 1. The maximum atomic E-state index is 11.0. The summed E-state index contributed by atoms with van der Waals surface area (Å²) in [4.78, 5) is 15.3. The molecule has 1 aliphatic heterocycles. The Balaban J connectivity index is 1.83. The van der Waals surface area contributed by atoms with Crippen LogP contribution >= 0.6 is 0 Å². The Hall–Kier alpha value is -2.86. The summed E-state index contributed by atoms with van der Waals surface area (Å²) in [6.45, 7) is 1.85. The normalized spacial score (nSPS) is 13.5. The molecule has 0 aromatic heterocycles. The minimum absolute atomic E-state index is 0.156. The largest absolute Gasteiger partial charge is 0.489 e. The lowest BCUT2D eigenvalue weighted by Gasteiger charge is -2.21. The van der Waals surface area contributed by atoms with Crippen LogP contribution in [0.2, 0.25) is 0 Å². The minimum atomic E-state index is -1.02. The Morgan fingerprint density at radius 2 is 2.12 bits per heavy atom. The van der Waals surface area contributed by atoms with Crippen molar-refractivity contribution >= 4 is 17.9 Å². The van der Waals surface area contributed by atoms with Gasteiger partial charge in [-0.15, -0.1) is 0 Å². The van der Waals surface area contributed by atoms with Crippen LogP contribution in [0, 0.1) is 0 Å². The summed E-state index contributed by atoms with van der Waals surface area (Å²) in [5, 5.41) is 10.4. The van der Waals surface area contributed by atoms with Crippen molar-refractivity contribution in [3.63, 3.8) is 0 Å². The third-order valence-electron chi connectivity index (χ3n) is 3.66. The maximum absolute atomic E-state index is 11.0. The van der Waals surface area contributed by atoms with E-state index in [1.807, 2.05) is 30.3 Å². The molecule has 25 heavy (non-hydrogen) atoms. The number of aliphatic hydroxyl groups is 1. The summed E-state index contributed by atoms with van der Waals surface area (Å²) in [5.74, 6) is 0.583. The Kier molecular flexibility index (Phi) is 5.30. The topological polar surface area (TPSA) is 77.4 Å². The first-order valence-corrected chi connectivity index (χ1v) is 7.95. The standard InChI is InChI=1S/C19H19NO5/c1-13(21)24-12-18(22)16-9-15(10-17-19(16)23-8-7-20-17)25-11-14-5-3-2-4-6-14/h2-7,9-10,18,22H,8,11-12H2,1H3. The van der Waals surface area contributed by atoms with E-state index in [0.717, 1.165) is 5.56 Å². The van der Waals surface area contributed by atoms with Crippen LogP contribution in [0.1, 0.15) is 24.2 Å². The van der Waals surface area contributed by atoms with Crippen molar-refractivity contribution in [2.24, 2.45) is 4.99 Å². The average Bonchev–Trinajstić information content (AvgIpc) is 2.64. The number of carbonyl (C=O) groups excluding carboxylic acids is 1. The molecule has 2 aromatic rings. The molecule has 3 rings (SSSR count). The highest BCUT2D eigenvalue weighted by molar-refractivity contribution is 5.73. The second-order valence-electron chi connectivity index (χ2n) is 5.58. The molecule has 1 aliphatic rings. The van der Waals surface area contributed by atoms with Gasteiger partial charge < -0.3 is 19.3 Å². The third-order valence-corrected chi connectivity index (χ3v) is 3.66. The first-order valence-electron chi connectivity index (χ1n) is 7.95. The Morgan fingerprint density at radius 1 is 1.32 bits per heavy atom. The first-order chi connectivity index (χ1) is 12.1. The molecule has 0 spiro atoms. The van der Waals surface area contributed by atoms with Crippen LogP contribution in [0.25, 0.3) is 0 Å². The van der Waals surface area contributed by atoms with Gasteiger partial charge >= 0.3 is 5.97 Å². The van der Waals surface area contributed by atoms with E-state index in [4.69, 9.17) is 14.2 Å². The van der Waals surface area contributed by atoms with Crippen molar-refractivity contribution in [2.75, 3.05) is 13.2 Å². The lowest BCUT2D eigenvalue weighted by molar-refractivity contribution is -0.144. The number of aliphatic imine (C=N–C) groups is 1. The highest BCUT2D eigenvalue weighted by Crippen LogP contribution is 2.40. The Bertz CT molecular complexity index is 773. The van der Waals surface area contributed by atoms with E-state index in [9.17, 15) is 9.90 Å². The molecule has 1 heterocycles.